The Kier molecular flexibility index (Phi) is 15.4. The van der Waals surface area contributed by atoms with Gasteiger partial charge in [-0.3, -0.25) is 0 Å². The highest BCUT2D eigenvalue weighted by molar-refractivity contribution is 5.87. The Morgan fingerprint density at radius 3 is 0.873 bits per heavy atom. The molecule has 9 rings (SSSR count). The maximum absolute atomic E-state index is 2.63. The van der Waals surface area contributed by atoms with Crippen molar-refractivity contribution in [3.05, 3.63) is 215 Å². The second-order valence-electron chi connectivity index (χ2n) is 21.0. The third-order valence-corrected chi connectivity index (χ3v) is 15.8. The van der Waals surface area contributed by atoms with Crippen LogP contribution in [-0.4, -0.2) is 0 Å². The molecule has 0 aliphatic heterocycles. The number of aryl methyl sites for hydroxylation is 4. The highest BCUT2D eigenvalue weighted by Crippen LogP contribution is 2.58. The Morgan fingerprint density at radius 1 is 0.338 bits per heavy atom. The van der Waals surface area contributed by atoms with Gasteiger partial charge in [0.2, 0.25) is 0 Å². The number of hydrogen-bond acceptors (Lipinski definition) is 2. The Morgan fingerprint density at radius 2 is 0.606 bits per heavy atom. The van der Waals surface area contributed by atoms with E-state index in [9.17, 15) is 0 Å². The van der Waals surface area contributed by atoms with E-state index in [4.69, 9.17) is 0 Å². The number of benzene rings is 8. The van der Waals surface area contributed by atoms with Crippen LogP contribution in [0.25, 0.3) is 33.4 Å². The predicted molar refractivity (Wildman–Crippen MR) is 308 cm³/mol. The van der Waals surface area contributed by atoms with Gasteiger partial charge in [-0.25, -0.2) is 0 Å². The van der Waals surface area contributed by atoms with Crippen LogP contribution in [0, 0.1) is 39.5 Å². The van der Waals surface area contributed by atoms with Gasteiger partial charge in [-0.1, -0.05) is 198 Å². The van der Waals surface area contributed by atoms with Gasteiger partial charge in [0.25, 0.3) is 0 Å². The Labute approximate surface area is 427 Å². The van der Waals surface area contributed by atoms with Gasteiger partial charge in [-0.05, 0) is 182 Å². The molecule has 2 heteroatoms. The smallest absolute Gasteiger partial charge is 0.0462 e. The molecule has 362 valence electrons. The maximum Gasteiger partial charge on any atom is 0.0462 e. The summed E-state index contributed by atoms with van der Waals surface area (Å²) in [6.45, 7) is 18.2. The fourth-order valence-corrected chi connectivity index (χ4v) is 11.5. The molecule has 71 heavy (non-hydrogen) atoms. The molecule has 2 atom stereocenters. The van der Waals surface area contributed by atoms with Crippen LogP contribution in [0.2, 0.25) is 0 Å². The minimum atomic E-state index is -0.0965. The molecule has 0 spiro atoms. The number of hydrogen-bond donors (Lipinski definition) is 0. The average molecular weight is 933 g/mol. The number of nitrogens with zero attached hydrogens (tertiary/aromatic N) is 2. The first-order valence-corrected chi connectivity index (χ1v) is 27.0. The van der Waals surface area contributed by atoms with Crippen molar-refractivity contribution in [2.75, 3.05) is 9.80 Å². The molecule has 0 saturated carbocycles. The standard InChI is InChI=1S/C69H76N2/c1-9-13-15-53(11-3)47-69(48-54(12-4)16-14-10-2)67-45-57(55-25-39-63(40-26-55)70(59-31-17-49(5)18-32-59)60-33-19-50(6)20-34-60)29-43-65(67)66-44-30-58(46-68(66)69)56-27-41-64(42-28-56)71(61-35-21-51(7)22-36-61)62-37-23-52(8)24-38-62/h17-46,53-54H,9-16,47-48H2,1-8H3. The third kappa shape index (κ3) is 10.7. The van der Waals surface area contributed by atoms with Gasteiger partial charge >= 0.3 is 0 Å². The number of unbranched alkanes of at least 4 members (excludes halogenated alkanes) is 2. The van der Waals surface area contributed by atoms with E-state index in [1.807, 2.05) is 0 Å². The van der Waals surface area contributed by atoms with Crippen molar-refractivity contribution in [3.8, 4) is 33.4 Å². The van der Waals surface area contributed by atoms with E-state index in [2.05, 4.69) is 247 Å². The van der Waals surface area contributed by atoms with E-state index in [-0.39, 0.29) is 5.41 Å². The van der Waals surface area contributed by atoms with Crippen LogP contribution in [0.4, 0.5) is 34.1 Å². The summed E-state index contributed by atoms with van der Waals surface area (Å²) in [7, 11) is 0. The van der Waals surface area contributed by atoms with Gasteiger partial charge in [-0.2, -0.15) is 0 Å². The van der Waals surface area contributed by atoms with E-state index in [1.165, 1.54) is 120 Å². The van der Waals surface area contributed by atoms with Gasteiger partial charge in [0.15, 0.2) is 0 Å². The van der Waals surface area contributed by atoms with Gasteiger partial charge in [0.05, 0.1) is 0 Å². The van der Waals surface area contributed by atoms with Crippen molar-refractivity contribution in [1.82, 2.24) is 0 Å². The van der Waals surface area contributed by atoms with Crippen LogP contribution < -0.4 is 9.80 Å². The molecule has 1 aliphatic carbocycles. The Balaban J connectivity index is 1.14. The summed E-state index contributed by atoms with van der Waals surface area (Å²) >= 11 is 0. The lowest BCUT2D eigenvalue weighted by atomic mass is 9.64. The fourth-order valence-electron chi connectivity index (χ4n) is 11.5. The summed E-state index contributed by atoms with van der Waals surface area (Å²) in [5, 5.41) is 0. The summed E-state index contributed by atoms with van der Waals surface area (Å²) in [6.07, 6.45) is 12.4. The van der Waals surface area contributed by atoms with Crippen LogP contribution in [0.1, 0.15) is 125 Å². The highest BCUT2D eigenvalue weighted by atomic mass is 15.1. The first-order chi connectivity index (χ1) is 34.6. The second-order valence-corrected chi connectivity index (χ2v) is 21.0. The first-order valence-electron chi connectivity index (χ1n) is 27.0. The quantitative estimate of drug-likeness (QED) is 0.0751. The van der Waals surface area contributed by atoms with Crippen molar-refractivity contribution in [2.24, 2.45) is 11.8 Å². The van der Waals surface area contributed by atoms with Crippen LogP contribution in [-0.2, 0) is 5.41 Å². The number of fused-ring (bicyclic) bond motifs is 3. The lowest BCUT2D eigenvalue weighted by molar-refractivity contribution is 0.266. The minimum absolute atomic E-state index is 0.0965. The summed E-state index contributed by atoms with van der Waals surface area (Å²) in [6, 6.07) is 69.3. The molecule has 0 fully saturated rings. The monoisotopic (exact) mass is 933 g/mol. The summed E-state index contributed by atoms with van der Waals surface area (Å²) in [5.41, 5.74) is 23.0. The summed E-state index contributed by atoms with van der Waals surface area (Å²) in [5.74, 6) is 1.29. The zero-order chi connectivity index (χ0) is 49.5. The van der Waals surface area contributed by atoms with E-state index in [1.54, 1.807) is 11.1 Å². The highest BCUT2D eigenvalue weighted by Gasteiger charge is 2.45. The van der Waals surface area contributed by atoms with Crippen molar-refractivity contribution < 1.29 is 0 Å². The summed E-state index contributed by atoms with van der Waals surface area (Å²) in [4.78, 5) is 4.76. The molecule has 0 saturated heterocycles. The van der Waals surface area contributed by atoms with E-state index < -0.39 is 0 Å². The zero-order valence-electron chi connectivity index (χ0n) is 43.9. The lowest BCUT2D eigenvalue weighted by Gasteiger charge is -2.39. The predicted octanol–water partition coefficient (Wildman–Crippen LogP) is 20.7. The van der Waals surface area contributed by atoms with Crippen molar-refractivity contribution >= 4 is 34.1 Å². The van der Waals surface area contributed by atoms with Crippen molar-refractivity contribution in [3.63, 3.8) is 0 Å². The molecule has 8 aromatic rings. The molecule has 0 N–H and O–H groups in total. The molecule has 0 bridgehead atoms. The molecule has 2 unspecified atom stereocenters. The van der Waals surface area contributed by atoms with Crippen molar-refractivity contribution in [2.45, 2.75) is 125 Å². The van der Waals surface area contributed by atoms with Crippen molar-refractivity contribution in [1.29, 1.82) is 0 Å². The van der Waals surface area contributed by atoms with Gasteiger partial charge < -0.3 is 9.80 Å². The molecular formula is C69H76N2. The normalized spacial score (nSPS) is 13.4. The molecule has 0 heterocycles. The van der Waals surface area contributed by atoms with Crippen LogP contribution in [0.3, 0.4) is 0 Å². The van der Waals surface area contributed by atoms with E-state index >= 15 is 0 Å². The number of rotatable bonds is 20. The molecular weight excluding hydrogens is 857 g/mol. The molecule has 0 aromatic heterocycles. The molecule has 0 radical (unpaired) electrons. The minimum Gasteiger partial charge on any atom is -0.311 e. The third-order valence-electron chi connectivity index (χ3n) is 15.8. The second kappa shape index (κ2) is 22.2. The van der Waals surface area contributed by atoms with Gasteiger partial charge in [0, 0.05) is 39.5 Å². The first kappa shape index (κ1) is 49.3. The van der Waals surface area contributed by atoms with Gasteiger partial charge in [0.1, 0.15) is 0 Å². The molecule has 2 nitrogen and oxygen atoms in total. The molecule has 0 amide bonds. The Hall–Kier alpha value is -6.64. The zero-order valence-corrected chi connectivity index (χ0v) is 43.9. The van der Waals surface area contributed by atoms with Crippen LogP contribution in [0.5, 0.6) is 0 Å². The lowest BCUT2D eigenvalue weighted by Crippen LogP contribution is -2.31. The van der Waals surface area contributed by atoms with E-state index in [0.29, 0.717) is 11.8 Å². The number of anilines is 6. The summed E-state index contributed by atoms with van der Waals surface area (Å²) < 4.78 is 0. The largest absolute Gasteiger partial charge is 0.311 e. The van der Waals surface area contributed by atoms with E-state index in [0.717, 1.165) is 34.1 Å². The average Bonchev–Trinajstić information content (AvgIpc) is 3.66. The SMILES string of the molecule is CCCCC(CC)CC1(CC(CC)CCCC)c2cc(-c3ccc(N(c4ccc(C)cc4)c4ccc(C)cc4)cc3)ccc2-c2ccc(-c3ccc(N(c4ccc(C)cc4)c4ccc(C)cc4)cc3)cc21. The van der Waals surface area contributed by atoms with Crippen LogP contribution in [0.15, 0.2) is 182 Å². The fraction of sp³-hybridized carbons (Fsp3) is 0.304. The maximum atomic E-state index is 2.63. The van der Waals surface area contributed by atoms with Crippen LogP contribution >= 0.6 is 0 Å². The molecule has 8 aromatic carbocycles. The van der Waals surface area contributed by atoms with Gasteiger partial charge in [-0.15, -0.1) is 0 Å². The molecule has 1 aliphatic rings. The Bertz CT molecular complexity index is 2680. The topological polar surface area (TPSA) is 6.48 Å².